The predicted octanol–water partition coefficient (Wildman–Crippen LogP) is 5.21. The number of allylic oxidation sites excluding steroid dienone is 1. The second kappa shape index (κ2) is 12.3. The SMILES string of the molecule is CC(=O)N1CCN(C(=O)CC2=CSC3=NC(C)=C(C(=O)OCc4ccccc4)[C@@H](c4ccc(C(C)C)cc4)N23)CC1. The average molecular weight is 573 g/mol. The summed E-state index contributed by atoms with van der Waals surface area (Å²) < 4.78 is 5.81. The van der Waals surface area contributed by atoms with Crippen LogP contribution < -0.4 is 0 Å². The van der Waals surface area contributed by atoms with Gasteiger partial charge in [0.2, 0.25) is 11.8 Å². The summed E-state index contributed by atoms with van der Waals surface area (Å²) in [7, 11) is 0. The first-order valence-electron chi connectivity index (χ1n) is 14.0. The highest BCUT2D eigenvalue weighted by Crippen LogP contribution is 2.45. The Bertz CT molecular complexity index is 1410. The number of amidine groups is 1. The molecule has 1 fully saturated rings. The van der Waals surface area contributed by atoms with Gasteiger partial charge in [0.1, 0.15) is 6.61 Å². The second-order valence-corrected chi connectivity index (χ2v) is 11.7. The van der Waals surface area contributed by atoms with Crippen LogP contribution in [0.15, 0.2) is 82.0 Å². The van der Waals surface area contributed by atoms with E-state index in [-0.39, 0.29) is 24.8 Å². The fourth-order valence-corrected chi connectivity index (χ4v) is 6.31. The molecule has 0 saturated carbocycles. The number of esters is 1. The van der Waals surface area contributed by atoms with Crippen LogP contribution in [0.4, 0.5) is 0 Å². The first-order chi connectivity index (χ1) is 19.7. The Kier molecular flexibility index (Phi) is 8.63. The molecule has 0 aromatic heterocycles. The van der Waals surface area contributed by atoms with Crippen molar-refractivity contribution in [2.75, 3.05) is 26.2 Å². The summed E-state index contributed by atoms with van der Waals surface area (Å²) in [6.07, 6.45) is 0.179. The van der Waals surface area contributed by atoms with Gasteiger partial charge in [-0.05, 0) is 34.9 Å². The van der Waals surface area contributed by atoms with E-state index >= 15 is 0 Å². The van der Waals surface area contributed by atoms with E-state index in [0.717, 1.165) is 22.0 Å². The Morgan fingerprint density at radius 3 is 2.27 bits per heavy atom. The number of carbonyl (C=O) groups is 3. The zero-order valence-electron chi connectivity index (χ0n) is 24.0. The monoisotopic (exact) mass is 572 g/mol. The minimum atomic E-state index is -0.476. The molecule has 2 aromatic rings. The molecule has 2 amide bonds. The van der Waals surface area contributed by atoms with Gasteiger partial charge in [-0.1, -0.05) is 80.2 Å². The molecule has 0 aliphatic carbocycles. The summed E-state index contributed by atoms with van der Waals surface area (Å²) in [5.74, 6) is -0.0231. The van der Waals surface area contributed by atoms with Crippen LogP contribution in [0.3, 0.4) is 0 Å². The van der Waals surface area contributed by atoms with E-state index in [2.05, 4.69) is 38.1 Å². The van der Waals surface area contributed by atoms with Crippen LogP contribution in [0.1, 0.15) is 62.8 Å². The highest BCUT2D eigenvalue weighted by molar-refractivity contribution is 8.16. The minimum Gasteiger partial charge on any atom is -0.457 e. The number of benzene rings is 2. The van der Waals surface area contributed by atoms with Gasteiger partial charge < -0.3 is 19.4 Å². The Balaban J connectivity index is 1.42. The predicted molar refractivity (Wildman–Crippen MR) is 161 cm³/mol. The zero-order valence-corrected chi connectivity index (χ0v) is 24.8. The third-order valence-corrected chi connectivity index (χ3v) is 8.65. The largest absolute Gasteiger partial charge is 0.457 e. The van der Waals surface area contributed by atoms with Gasteiger partial charge in [-0.25, -0.2) is 9.79 Å². The van der Waals surface area contributed by atoms with Gasteiger partial charge in [0.25, 0.3) is 0 Å². The van der Waals surface area contributed by atoms with Crippen molar-refractivity contribution in [2.24, 2.45) is 4.99 Å². The third-order valence-electron chi connectivity index (χ3n) is 7.76. The number of piperazine rings is 1. The van der Waals surface area contributed by atoms with Crippen molar-refractivity contribution >= 4 is 34.7 Å². The van der Waals surface area contributed by atoms with Crippen molar-refractivity contribution in [1.82, 2.24) is 14.7 Å². The lowest BCUT2D eigenvalue weighted by Crippen LogP contribution is -2.50. The van der Waals surface area contributed by atoms with Gasteiger partial charge in [-0.15, -0.1) is 0 Å². The summed E-state index contributed by atoms with van der Waals surface area (Å²) in [5.41, 5.74) is 4.93. The topological polar surface area (TPSA) is 82.5 Å². The highest BCUT2D eigenvalue weighted by atomic mass is 32.2. The van der Waals surface area contributed by atoms with Gasteiger partial charge in [0, 0.05) is 38.8 Å². The van der Waals surface area contributed by atoms with Crippen LogP contribution in [0.25, 0.3) is 0 Å². The molecule has 3 aliphatic heterocycles. The van der Waals surface area contributed by atoms with E-state index in [0.29, 0.717) is 43.4 Å². The maximum atomic E-state index is 13.7. The first-order valence-corrected chi connectivity index (χ1v) is 14.9. The molecule has 3 heterocycles. The first kappa shape index (κ1) is 28.7. The molecule has 0 unspecified atom stereocenters. The number of ether oxygens (including phenoxy) is 1. The number of fused-ring (bicyclic) bond motifs is 1. The van der Waals surface area contributed by atoms with Gasteiger partial charge in [0.15, 0.2) is 5.17 Å². The van der Waals surface area contributed by atoms with E-state index < -0.39 is 12.0 Å². The normalized spacial score (nSPS) is 18.8. The Labute approximate surface area is 245 Å². The molecule has 2 aromatic carbocycles. The van der Waals surface area contributed by atoms with Gasteiger partial charge in [-0.3, -0.25) is 9.59 Å². The molecular formula is C32H36N4O4S. The molecule has 0 spiro atoms. The maximum Gasteiger partial charge on any atom is 0.338 e. The summed E-state index contributed by atoms with van der Waals surface area (Å²) in [6, 6.07) is 17.4. The molecule has 41 heavy (non-hydrogen) atoms. The molecule has 1 atom stereocenters. The minimum absolute atomic E-state index is 0.00492. The van der Waals surface area contributed by atoms with Crippen LogP contribution in [-0.2, 0) is 25.7 Å². The summed E-state index contributed by atoms with van der Waals surface area (Å²) in [6.45, 7) is 9.95. The van der Waals surface area contributed by atoms with Gasteiger partial charge in [-0.2, -0.15) is 0 Å². The van der Waals surface area contributed by atoms with Crippen molar-refractivity contribution in [2.45, 2.75) is 52.7 Å². The van der Waals surface area contributed by atoms with Crippen LogP contribution >= 0.6 is 11.8 Å². The van der Waals surface area contributed by atoms with E-state index in [9.17, 15) is 14.4 Å². The number of hydrogen-bond acceptors (Lipinski definition) is 7. The smallest absolute Gasteiger partial charge is 0.338 e. The number of carbonyl (C=O) groups excluding carboxylic acids is 3. The number of amides is 2. The van der Waals surface area contributed by atoms with Gasteiger partial charge >= 0.3 is 5.97 Å². The molecular weight excluding hydrogens is 536 g/mol. The summed E-state index contributed by atoms with van der Waals surface area (Å²) in [4.78, 5) is 49.2. The maximum absolute atomic E-state index is 13.7. The van der Waals surface area contributed by atoms with E-state index in [1.54, 1.807) is 11.8 Å². The second-order valence-electron chi connectivity index (χ2n) is 10.8. The van der Waals surface area contributed by atoms with Crippen molar-refractivity contribution in [3.63, 3.8) is 0 Å². The molecule has 8 nitrogen and oxygen atoms in total. The lowest BCUT2D eigenvalue weighted by molar-refractivity contribution is -0.141. The quantitative estimate of drug-likeness (QED) is 0.424. The fourth-order valence-electron chi connectivity index (χ4n) is 5.35. The van der Waals surface area contributed by atoms with E-state index in [1.807, 2.05) is 52.5 Å². The molecule has 0 radical (unpaired) electrons. The lowest BCUT2D eigenvalue weighted by Gasteiger charge is -2.38. The Hall–Kier alpha value is -3.85. The fraction of sp³-hybridized carbons (Fsp3) is 0.375. The van der Waals surface area contributed by atoms with Crippen LogP contribution in [0, 0.1) is 0 Å². The zero-order chi connectivity index (χ0) is 29.1. The van der Waals surface area contributed by atoms with Crippen molar-refractivity contribution in [3.8, 4) is 0 Å². The van der Waals surface area contributed by atoms with Crippen molar-refractivity contribution in [3.05, 3.63) is 93.7 Å². The number of hydrogen-bond donors (Lipinski definition) is 0. The number of rotatable bonds is 7. The summed E-state index contributed by atoms with van der Waals surface area (Å²) >= 11 is 1.47. The highest BCUT2D eigenvalue weighted by Gasteiger charge is 2.41. The van der Waals surface area contributed by atoms with Crippen molar-refractivity contribution in [1.29, 1.82) is 0 Å². The van der Waals surface area contributed by atoms with E-state index in [4.69, 9.17) is 9.73 Å². The Morgan fingerprint density at radius 2 is 1.63 bits per heavy atom. The average Bonchev–Trinajstić information content (AvgIpc) is 3.37. The van der Waals surface area contributed by atoms with Crippen LogP contribution in [-0.4, -0.2) is 63.8 Å². The molecule has 0 N–H and O–H groups in total. The Morgan fingerprint density at radius 1 is 0.976 bits per heavy atom. The number of nitrogens with zero attached hydrogens (tertiary/aromatic N) is 4. The van der Waals surface area contributed by atoms with Crippen LogP contribution in [0.2, 0.25) is 0 Å². The van der Waals surface area contributed by atoms with Crippen molar-refractivity contribution < 1.29 is 19.1 Å². The van der Waals surface area contributed by atoms with Gasteiger partial charge in [0.05, 0.1) is 23.7 Å². The molecule has 5 rings (SSSR count). The molecule has 1 saturated heterocycles. The number of thioether (sulfide) groups is 1. The summed E-state index contributed by atoms with van der Waals surface area (Å²) in [5, 5.41) is 2.70. The third kappa shape index (κ3) is 6.25. The standard InChI is InChI=1S/C32H36N4O4S/c1-21(2)25-10-12-26(13-11-25)30-29(31(39)40-19-24-8-6-5-7-9-24)22(3)33-32-36(30)27(20-41-32)18-28(38)35-16-14-34(15-17-35)23(4)37/h5-13,20-21,30H,14-19H2,1-4H3/t30-/m1/s1. The molecule has 0 bridgehead atoms. The lowest BCUT2D eigenvalue weighted by atomic mass is 9.92. The molecule has 9 heteroatoms. The van der Waals surface area contributed by atoms with E-state index in [1.165, 1.54) is 17.3 Å². The molecule has 3 aliphatic rings. The van der Waals surface area contributed by atoms with Crippen LogP contribution in [0.5, 0.6) is 0 Å². The number of aliphatic imine (C=N–C) groups is 1. The molecule has 214 valence electrons.